The molecule has 3 aromatic carbocycles. The molecule has 0 spiro atoms. The number of para-hydroxylation sites is 1. The maximum absolute atomic E-state index is 12.3. The molecule has 2 N–H and O–H groups in total. The summed E-state index contributed by atoms with van der Waals surface area (Å²) in [5, 5.41) is 6.02. The van der Waals surface area contributed by atoms with Crippen molar-refractivity contribution in [1.82, 2.24) is 0 Å². The zero-order valence-corrected chi connectivity index (χ0v) is 19.8. The average Bonchev–Trinajstić information content (AvgIpc) is 2.87. The van der Waals surface area contributed by atoms with Crippen molar-refractivity contribution in [2.45, 2.75) is 32.6 Å². The summed E-state index contributed by atoms with van der Waals surface area (Å²) in [6.45, 7) is 3.94. The van der Waals surface area contributed by atoms with E-state index in [1.54, 1.807) is 6.07 Å². The van der Waals surface area contributed by atoms with Gasteiger partial charge in [0, 0.05) is 17.4 Å². The molecule has 0 bridgehead atoms. The van der Waals surface area contributed by atoms with Gasteiger partial charge in [0.2, 0.25) is 5.91 Å². The fourth-order valence-electron chi connectivity index (χ4n) is 3.27. The Labute approximate surface area is 202 Å². The second kappa shape index (κ2) is 14.5. The van der Waals surface area contributed by atoms with Gasteiger partial charge in [-0.15, -0.1) is 0 Å². The van der Waals surface area contributed by atoms with Crippen molar-refractivity contribution in [1.29, 1.82) is 0 Å². The van der Waals surface area contributed by atoms with E-state index in [0.29, 0.717) is 24.7 Å². The van der Waals surface area contributed by atoms with E-state index in [4.69, 9.17) is 14.2 Å². The first kappa shape index (κ1) is 25.0. The standard InChI is InChI=1S/C28H34N2O4/c1-2-3-4-8-18-32-26-16-14-23(15-17-26)29-22-28(31)30-24-10-9-13-27(21-24)34-20-19-33-25-11-6-5-7-12-25/h5-7,9-17,21,29H,2-4,8,18-20,22H2,1H3,(H,30,31). The SMILES string of the molecule is CCCCCCOc1ccc(NCC(=O)Nc2cccc(OCCOc3ccccc3)c2)cc1. The molecule has 3 rings (SSSR count). The highest BCUT2D eigenvalue weighted by atomic mass is 16.5. The quantitative estimate of drug-likeness (QED) is 0.265. The van der Waals surface area contributed by atoms with Gasteiger partial charge in [0.1, 0.15) is 30.5 Å². The summed E-state index contributed by atoms with van der Waals surface area (Å²) >= 11 is 0. The number of anilines is 2. The van der Waals surface area contributed by atoms with E-state index >= 15 is 0 Å². The molecule has 0 atom stereocenters. The number of carbonyl (C=O) groups excluding carboxylic acids is 1. The Bertz CT molecular complexity index is 977. The number of rotatable bonds is 15. The first-order valence-corrected chi connectivity index (χ1v) is 11.9. The van der Waals surface area contributed by atoms with Gasteiger partial charge in [-0.25, -0.2) is 0 Å². The summed E-state index contributed by atoms with van der Waals surface area (Å²) < 4.78 is 17.1. The number of benzene rings is 3. The molecule has 0 heterocycles. The third-order valence-electron chi connectivity index (χ3n) is 5.06. The van der Waals surface area contributed by atoms with Gasteiger partial charge >= 0.3 is 0 Å². The van der Waals surface area contributed by atoms with Crippen LogP contribution in [0.4, 0.5) is 11.4 Å². The highest BCUT2D eigenvalue weighted by Gasteiger charge is 2.04. The number of nitrogens with one attached hydrogen (secondary N) is 2. The predicted octanol–water partition coefficient (Wildman–Crippen LogP) is 6.15. The Kier molecular flexibility index (Phi) is 10.6. The van der Waals surface area contributed by atoms with Crippen LogP contribution in [0.15, 0.2) is 78.9 Å². The van der Waals surface area contributed by atoms with Crippen LogP contribution >= 0.6 is 0 Å². The minimum atomic E-state index is -0.138. The zero-order chi connectivity index (χ0) is 23.8. The van der Waals surface area contributed by atoms with E-state index < -0.39 is 0 Å². The summed E-state index contributed by atoms with van der Waals surface area (Å²) in [5.41, 5.74) is 1.55. The molecule has 1 amide bonds. The van der Waals surface area contributed by atoms with Gasteiger partial charge in [-0.3, -0.25) is 4.79 Å². The molecule has 180 valence electrons. The first-order valence-electron chi connectivity index (χ1n) is 11.9. The average molecular weight is 463 g/mol. The van der Waals surface area contributed by atoms with Crippen LogP contribution in [0.2, 0.25) is 0 Å². The van der Waals surface area contributed by atoms with Gasteiger partial charge in [0.05, 0.1) is 13.2 Å². The Morgan fingerprint density at radius 3 is 2.12 bits per heavy atom. The third-order valence-corrected chi connectivity index (χ3v) is 5.06. The second-order valence-corrected chi connectivity index (χ2v) is 7.87. The molecule has 3 aromatic rings. The van der Waals surface area contributed by atoms with Crippen molar-refractivity contribution in [3.63, 3.8) is 0 Å². The molecule has 0 fully saturated rings. The molecular weight excluding hydrogens is 428 g/mol. The maximum atomic E-state index is 12.3. The first-order chi connectivity index (χ1) is 16.7. The minimum Gasteiger partial charge on any atom is -0.494 e. The van der Waals surface area contributed by atoms with Gasteiger partial charge in [-0.1, -0.05) is 50.5 Å². The number of carbonyl (C=O) groups is 1. The Morgan fingerprint density at radius 2 is 1.35 bits per heavy atom. The van der Waals surface area contributed by atoms with E-state index in [0.717, 1.165) is 30.2 Å². The van der Waals surface area contributed by atoms with Gasteiger partial charge in [-0.05, 0) is 55.0 Å². The Hall–Kier alpha value is -3.67. The molecule has 0 saturated carbocycles. The van der Waals surface area contributed by atoms with Crippen molar-refractivity contribution in [2.24, 2.45) is 0 Å². The van der Waals surface area contributed by atoms with Crippen LogP contribution in [0, 0.1) is 0 Å². The largest absolute Gasteiger partial charge is 0.494 e. The third kappa shape index (κ3) is 9.45. The van der Waals surface area contributed by atoms with E-state index in [-0.39, 0.29) is 12.5 Å². The summed E-state index contributed by atoms with van der Waals surface area (Å²) in [5.74, 6) is 2.19. The molecule has 0 aliphatic carbocycles. The number of amides is 1. The zero-order valence-electron chi connectivity index (χ0n) is 19.8. The van der Waals surface area contributed by atoms with Crippen molar-refractivity contribution in [3.8, 4) is 17.2 Å². The molecule has 0 aliphatic rings. The van der Waals surface area contributed by atoms with E-state index in [2.05, 4.69) is 17.6 Å². The lowest BCUT2D eigenvalue weighted by molar-refractivity contribution is -0.114. The Morgan fingerprint density at radius 1 is 0.676 bits per heavy atom. The molecule has 0 radical (unpaired) electrons. The summed E-state index contributed by atoms with van der Waals surface area (Å²) in [4.78, 5) is 12.3. The second-order valence-electron chi connectivity index (χ2n) is 7.87. The molecule has 0 unspecified atom stereocenters. The fraction of sp³-hybridized carbons (Fsp3) is 0.321. The van der Waals surface area contributed by atoms with Gasteiger partial charge in [0.15, 0.2) is 0 Å². The minimum absolute atomic E-state index is 0.138. The topological polar surface area (TPSA) is 68.8 Å². The van der Waals surface area contributed by atoms with Crippen molar-refractivity contribution < 1.29 is 19.0 Å². The van der Waals surface area contributed by atoms with Crippen molar-refractivity contribution in [3.05, 3.63) is 78.9 Å². The van der Waals surface area contributed by atoms with Crippen LogP contribution in [0.5, 0.6) is 17.2 Å². The summed E-state index contributed by atoms with van der Waals surface area (Å²) in [6.07, 6.45) is 4.73. The van der Waals surface area contributed by atoms with Gasteiger partial charge < -0.3 is 24.8 Å². The predicted molar refractivity (Wildman–Crippen MR) is 137 cm³/mol. The van der Waals surface area contributed by atoms with E-state index in [1.165, 1.54) is 19.3 Å². The van der Waals surface area contributed by atoms with Crippen LogP contribution in [0.3, 0.4) is 0 Å². The van der Waals surface area contributed by atoms with Crippen LogP contribution < -0.4 is 24.8 Å². The number of hydrogen-bond donors (Lipinski definition) is 2. The summed E-state index contributed by atoms with van der Waals surface area (Å²) in [6, 6.07) is 24.6. The number of unbranched alkanes of at least 4 members (excludes halogenated alkanes) is 3. The molecule has 6 nitrogen and oxygen atoms in total. The fourth-order valence-corrected chi connectivity index (χ4v) is 3.27. The normalized spacial score (nSPS) is 10.4. The molecule has 34 heavy (non-hydrogen) atoms. The number of hydrogen-bond acceptors (Lipinski definition) is 5. The molecule has 0 aromatic heterocycles. The van der Waals surface area contributed by atoms with E-state index in [1.807, 2.05) is 72.8 Å². The smallest absolute Gasteiger partial charge is 0.243 e. The van der Waals surface area contributed by atoms with Gasteiger partial charge in [-0.2, -0.15) is 0 Å². The van der Waals surface area contributed by atoms with Crippen molar-refractivity contribution in [2.75, 3.05) is 37.0 Å². The van der Waals surface area contributed by atoms with Crippen LogP contribution in [0.1, 0.15) is 32.6 Å². The molecule has 0 aliphatic heterocycles. The lowest BCUT2D eigenvalue weighted by Gasteiger charge is -2.11. The van der Waals surface area contributed by atoms with Crippen LogP contribution in [0.25, 0.3) is 0 Å². The number of ether oxygens (including phenoxy) is 3. The summed E-state index contributed by atoms with van der Waals surface area (Å²) in [7, 11) is 0. The highest BCUT2D eigenvalue weighted by molar-refractivity contribution is 5.93. The molecule has 0 saturated heterocycles. The molecular formula is C28H34N2O4. The van der Waals surface area contributed by atoms with Crippen LogP contribution in [-0.4, -0.2) is 32.3 Å². The maximum Gasteiger partial charge on any atom is 0.243 e. The Balaban J connectivity index is 1.35. The van der Waals surface area contributed by atoms with Crippen molar-refractivity contribution >= 4 is 17.3 Å². The van der Waals surface area contributed by atoms with Gasteiger partial charge in [0.25, 0.3) is 0 Å². The monoisotopic (exact) mass is 462 g/mol. The lowest BCUT2D eigenvalue weighted by atomic mass is 10.2. The highest BCUT2D eigenvalue weighted by Crippen LogP contribution is 2.18. The van der Waals surface area contributed by atoms with Crippen LogP contribution in [-0.2, 0) is 4.79 Å². The lowest BCUT2D eigenvalue weighted by Crippen LogP contribution is -2.21. The van der Waals surface area contributed by atoms with E-state index in [9.17, 15) is 4.79 Å². The molecule has 6 heteroatoms.